The molecule has 3 heterocycles. The highest BCUT2D eigenvalue weighted by Gasteiger charge is 2.26. The van der Waals surface area contributed by atoms with E-state index in [0.29, 0.717) is 22.4 Å². The Bertz CT molecular complexity index is 1210. The third-order valence-electron chi connectivity index (χ3n) is 5.91. The lowest BCUT2D eigenvalue weighted by molar-refractivity contribution is 0.336. The summed E-state index contributed by atoms with van der Waals surface area (Å²) in [6, 6.07) is 9.68. The minimum atomic E-state index is 0.421. The molecule has 0 saturated heterocycles. The van der Waals surface area contributed by atoms with Crippen molar-refractivity contribution < 1.29 is 0 Å². The van der Waals surface area contributed by atoms with Crippen LogP contribution in [0.15, 0.2) is 36.8 Å². The maximum Gasteiger partial charge on any atom is 0.141 e. The predicted octanol–water partition coefficient (Wildman–Crippen LogP) is 4.52. The lowest BCUT2D eigenvalue weighted by Crippen LogP contribution is -2.20. The van der Waals surface area contributed by atoms with E-state index in [1.54, 1.807) is 16.9 Å². The second-order valence-corrected chi connectivity index (χ2v) is 8.06. The number of aromatic amines is 1. The molecule has 5 rings (SSSR count). The fourth-order valence-corrected chi connectivity index (χ4v) is 4.48. The van der Waals surface area contributed by atoms with Crippen molar-refractivity contribution in [2.75, 3.05) is 11.9 Å². The van der Waals surface area contributed by atoms with E-state index in [1.807, 2.05) is 24.4 Å². The molecule has 0 amide bonds. The molecule has 2 N–H and O–H groups in total. The minimum absolute atomic E-state index is 0.421. The number of hydrogen-bond donors (Lipinski definition) is 2. The first-order valence-electron chi connectivity index (χ1n) is 9.83. The van der Waals surface area contributed by atoms with Crippen LogP contribution >= 0.6 is 11.6 Å². The number of hydrogen-bond acceptors (Lipinski definition) is 5. The average Bonchev–Trinajstić information content (AvgIpc) is 3.40. The summed E-state index contributed by atoms with van der Waals surface area (Å²) in [6.07, 6.45) is 8.10. The minimum Gasteiger partial charge on any atom is -0.385 e. The number of nitrogens with zero attached hydrogens (tertiary/aromatic N) is 5. The summed E-state index contributed by atoms with van der Waals surface area (Å²) in [7, 11) is 0. The standard InChI is InChI=1S/C21H20ClN7/c22-18-6-5-16(9-15(18)10-23)25-11-13-1-3-14(4-2-13)19-20-17-7-8-24-21(17)26-12-29(20)28-27-19/h5-9,12-14,24-25H,1-4,11H2. The fourth-order valence-electron chi connectivity index (χ4n) is 4.32. The summed E-state index contributed by atoms with van der Waals surface area (Å²) in [5.41, 5.74) is 4.48. The molecule has 1 aromatic carbocycles. The molecule has 7 nitrogen and oxygen atoms in total. The maximum absolute atomic E-state index is 9.13. The molecule has 0 aliphatic heterocycles. The topological polar surface area (TPSA) is 94.7 Å². The molecule has 29 heavy (non-hydrogen) atoms. The Morgan fingerprint density at radius 2 is 2.10 bits per heavy atom. The summed E-state index contributed by atoms with van der Waals surface area (Å²) in [5.74, 6) is 1.02. The largest absolute Gasteiger partial charge is 0.385 e. The van der Waals surface area contributed by atoms with Gasteiger partial charge in [-0.05, 0) is 55.9 Å². The van der Waals surface area contributed by atoms with Crippen LogP contribution in [-0.2, 0) is 0 Å². The molecular weight excluding hydrogens is 386 g/mol. The first kappa shape index (κ1) is 18.0. The van der Waals surface area contributed by atoms with Crippen LogP contribution < -0.4 is 5.32 Å². The van der Waals surface area contributed by atoms with Gasteiger partial charge in [-0.15, -0.1) is 5.10 Å². The van der Waals surface area contributed by atoms with Crippen LogP contribution in [-0.4, -0.2) is 31.3 Å². The highest BCUT2D eigenvalue weighted by atomic mass is 35.5. The van der Waals surface area contributed by atoms with Crippen molar-refractivity contribution in [2.45, 2.75) is 31.6 Å². The molecule has 0 atom stereocenters. The number of fused-ring (bicyclic) bond motifs is 3. The first-order chi connectivity index (χ1) is 14.2. The highest BCUT2D eigenvalue weighted by molar-refractivity contribution is 6.31. The number of H-pyrrole nitrogens is 1. The van der Waals surface area contributed by atoms with Crippen molar-refractivity contribution in [3.05, 3.63) is 53.1 Å². The second-order valence-electron chi connectivity index (χ2n) is 7.66. The van der Waals surface area contributed by atoms with Gasteiger partial charge in [0.15, 0.2) is 0 Å². The van der Waals surface area contributed by atoms with Gasteiger partial charge in [0, 0.05) is 29.7 Å². The Labute approximate surface area is 172 Å². The SMILES string of the molecule is N#Cc1cc(NCC2CCC(c3nnn4cnc5[nH]ccc5c34)CC2)ccc1Cl. The van der Waals surface area contributed by atoms with Crippen molar-refractivity contribution in [1.82, 2.24) is 24.8 Å². The predicted molar refractivity (Wildman–Crippen MR) is 112 cm³/mol. The molecule has 1 aliphatic rings. The molecule has 1 aliphatic carbocycles. The van der Waals surface area contributed by atoms with Crippen LogP contribution in [0, 0.1) is 17.2 Å². The smallest absolute Gasteiger partial charge is 0.141 e. The zero-order chi connectivity index (χ0) is 19.8. The zero-order valence-corrected chi connectivity index (χ0v) is 16.5. The van der Waals surface area contributed by atoms with Crippen LogP contribution in [0.5, 0.6) is 0 Å². The molecule has 146 valence electrons. The Morgan fingerprint density at radius 3 is 2.93 bits per heavy atom. The van der Waals surface area contributed by atoms with E-state index in [4.69, 9.17) is 16.9 Å². The van der Waals surface area contributed by atoms with Gasteiger partial charge < -0.3 is 10.3 Å². The van der Waals surface area contributed by atoms with Crippen LogP contribution in [0.2, 0.25) is 5.02 Å². The lowest BCUT2D eigenvalue weighted by atomic mass is 9.80. The van der Waals surface area contributed by atoms with Crippen LogP contribution in [0.3, 0.4) is 0 Å². The van der Waals surface area contributed by atoms with Crippen molar-refractivity contribution in [1.29, 1.82) is 5.26 Å². The number of benzene rings is 1. The van der Waals surface area contributed by atoms with Gasteiger partial charge in [0.2, 0.25) is 0 Å². The maximum atomic E-state index is 9.13. The van der Waals surface area contributed by atoms with Gasteiger partial charge in [-0.2, -0.15) is 5.26 Å². The quantitative estimate of drug-likeness (QED) is 0.520. The molecular formula is C21H20ClN7. The number of nitrogens with one attached hydrogen (secondary N) is 2. The molecule has 0 radical (unpaired) electrons. The van der Waals surface area contributed by atoms with Crippen LogP contribution in [0.25, 0.3) is 16.6 Å². The molecule has 0 bridgehead atoms. The van der Waals surface area contributed by atoms with E-state index in [2.05, 4.69) is 31.7 Å². The molecule has 1 fully saturated rings. The first-order valence-corrected chi connectivity index (χ1v) is 10.2. The van der Waals surface area contributed by atoms with Crippen molar-refractivity contribution in [2.24, 2.45) is 5.92 Å². The van der Waals surface area contributed by atoms with Gasteiger partial charge in [-0.3, -0.25) is 0 Å². The van der Waals surface area contributed by atoms with E-state index >= 15 is 0 Å². The second kappa shape index (κ2) is 7.37. The number of rotatable bonds is 4. The third-order valence-corrected chi connectivity index (χ3v) is 6.24. The molecule has 3 aromatic heterocycles. The van der Waals surface area contributed by atoms with Gasteiger partial charge in [0.25, 0.3) is 0 Å². The van der Waals surface area contributed by atoms with Gasteiger partial charge in [0.1, 0.15) is 23.6 Å². The van der Waals surface area contributed by atoms with E-state index in [-0.39, 0.29) is 0 Å². The van der Waals surface area contributed by atoms with Crippen LogP contribution in [0.1, 0.15) is 42.9 Å². The van der Waals surface area contributed by atoms with E-state index in [9.17, 15) is 0 Å². The molecule has 1 saturated carbocycles. The van der Waals surface area contributed by atoms with Gasteiger partial charge >= 0.3 is 0 Å². The monoisotopic (exact) mass is 405 g/mol. The Kier molecular flexibility index (Phi) is 4.57. The number of aromatic nitrogens is 5. The van der Waals surface area contributed by atoms with E-state index in [0.717, 1.165) is 60.2 Å². The Morgan fingerprint density at radius 1 is 1.24 bits per heavy atom. The van der Waals surface area contributed by atoms with Crippen molar-refractivity contribution >= 4 is 33.8 Å². The molecule has 0 spiro atoms. The fraction of sp³-hybridized carbons (Fsp3) is 0.333. The summed E-state index contributed by atoms with van der Waals surface area (Å²) in [4.78, 5) is 7.54. The highest BCUT2D eigenvalue weighted by Crippen LogP contribution is 2.37. The van der Waals surface area contributed by atoms with E-state index in [1.165, 1.54) is 0 Å². The summed E-state index contributed by atoms with van der Waals surface area (Å²) >= 11 is 6.01. The number of anilines is 1. The lowest BCUT2D eigenvalue weighted by Gasteiger charge is -2.28. The van der Waals surface area contributed by atoms with Gasteiger partial charge in [-0.1, -0.05) is 16.8 Å². The van der Waals surface area contributed by atoms with Crippen molar-refractivity contribution in [3.63, 3.8) is 0 Å². The Hall–Kier alpha value is -3.11. The summed E-state index contributed by atoms with van der Waals surface area (Å²) < 4.78 is 1.78. The summed E-state index contributed by atoms with van der Waals surface area (Å²) in [6.45, 7) is 0.896. The van der Waals surface area contributed by atoms with Crippen LogP contribution in [0.4, 0.5) is 5.69 Å². The van der Waals surface area contributed by atoms with Gasteiger partial charge in [0.05, 0.1) is 16.3 Å². The zero-order valence-electron chi connectivity index (χ0n) is 15.8. The van der Waals surface area contributed by atoms with Crippen molar-refractivity contribution in [3.8, 4) is 6.07 Å². The third kappa shape index (κ3) is 3.30. The molecule has 4 aromatic rings. The summed E-state index contributed by atoms with van der Waals surface area (Å²) in [5, 5.41) is 22.9. The van der Waals surface area contributed by atoms with Gasteiger partial charge in [-0.25, -0.2) is 9.50 Å². The van der Waals surface area contributed by atoms with E-state index < -0.39 is 0 Å². The molecule has 0 unspecified atom stereocenters. The number of halogens is 1. The Balaban J connectivity index is 1.26. The number of nitriles is 1. The average molecular weight is 406 g/mol. The molecule has 8 heteroatoms. The normalized spacial score (nSPS) is 19.4.